The van der Waals surface area contributed by atoms with Crippen LogP contribution in [-0.2, 0) is 48.6 Å². The minimum atomic E-state index is -1.37. The smallest absolute Gasteiger partial charge is 0.827 e. The second kappa shape index (κ2) is 16.5. The van der Waals surface area contributed by atoms with Gasteiger partial charge >= 0.3 is 50.2 Å². The second-order valence-corrected chi connectivity index (χ2v) is 12.9. The van der Waals surface area contributed by atoms with E-state index in [4.69, 9.17) is 4.74 Å². The third-order valence-electron chi connectivity index (χ3n) is 8.85. The van der Waals surface area contributed by atoms with E-state index in [-0.39, 0.29) is 69.3 Å². The van der Waals surface area contributed by atoms with Gasteiger partial charge in [0.15, 0.2) is 7.05 Å². The molecule has 0 fully saturated rings. The number of quaternary nitrogens is 2. The predicted molar refractivity (Wildman–Crippen MR) is 164 cm³/mol. The van der Waals surface area contributed by atoms with Gasteiger partial charge in [0, 0.05) is 31.1 Å². The van der Waals surface area contributed by atoms with Crippen molar-refractivity contribution in [2.24, 2.45) is 21.1 Å². The zero-order valence-corrected chi connectivity index (χ0v) is 30.9. The van der Waals surface area contributed by atoms with Crippen LogP contribution in [0.3, 0.4) is 0 Å². The Morgan fingerprint density at radius 1 is 0.833 bits per heavy atom. The first-order valence-electron chi connectivity index (χ1n) is 15.7. The van der Waals surface area contributed by atoms with Gasteiger partial charge < -0.3 is 38.6 Å². The molecule has 0 aliphatic rings. The van der Waals surface area contributed by atoms with Gasteiger partial charge in [0.25, 0.3) is 0 Å². The van der Waals surface area contributed by atoms with Crippen LogP contribution < -0.4 is 29.3 Å². The largest absolute Gasteiger partial charge is 3.00 e. The monoisotopic (exact) mass is 808 g/mol. The number of carboxylic acid groups (broad SMARTS) is 2. The maximum atomic E-state index is 12.3. The number of methoxy groups -OCH3 is 1. The summed E-state index contributed by atoms with van der Waals surface area (Å²) in [5.41, 5.74) is 3.80. The fraction of sp³-hybridized carbons (Fsp3) is 0.441. The summed E-state index contributed by atoms with van der Waals surface area (Å²) in [7, 11) is 10.8. The van der Waals surface area contributed by atoms with Crippen LogP contribution in [0, 0.1) is 38.6 Å². The number of hydrogen-bond acceptors (Lipinski definition) is 6. The molecule has 0 N–H and O–H groups in total. The number of hydrogen-bond donors (Lipinski definition) is 0. The minimum Gasteiger partial charge on any atom is -0.827 e. The molecule has 0 saturated carbocycles. The van der Waals surface area contributed by atoms with Gasteiger partial charge in [0.1, 0.15) is 37.6 Å². The number of aliphatic carboxylic acids is 2. The SMILES string of the molecule is CCC[N+](C)(CC(=O)[O-])Cc1cc[n+](-c2cc(-c3ccccc3)cc(-[n+]3ccc(C[N+](C)(CC(=O)[O-])CC([O-])OC)n3C)[n+]2C)n1C.[Tb+3]. The predicted octanol–water partition coefficient (Wildman–Crippen LogP) is -2.46. The fourth-order valence-electron chi connectivity index (χ4n) is 6.42. The molecule has 0 spiro atoms. The van der Waals surface area contributed by atoms with E-state index in [1.54, 1.807) is 7.05 Å². The molecule has 3 unspecified atom stereocenters. The Morgan fingerprint density at radius 3 is 1.77 bits per heavy atom. The first-order valence-corrected chi connectivity index (χ1v) is 15.7. The number of carboxylic acids is 2. The van der Waals surface area contributed by atoms with Gasteiger partial charge in [-0.05, 0) is 21.3 Å². The van der Waals surface area contributed by atoms with Crippen molar-refractivity contribution < 1.29 is 91.2 Å². The van der Waals surface area contributed by atoms with Crippen molar-refractivity contribution in [2.45, 2.75) is 32.7 Å². The Hall–Kier alpha value is -3.14. The summed E-state index contributed by atoms with van der Waals surface area (Å²) in [6.45, 7) is 3.09. The molecule has 4 aromatic rings. The molecule has 0 aliphatic heterocycles. The number of carbonyl (C=O) groups excluding carboxylic acids is 2. The Kier molecular flexibility index (Phi) is 13.5. The van der Waals surface area contributed by atoms with Crippen molar-refractivity contribution in [3.63, 3.8) is 0 Å². The second-order valence-electron chi connectivity index (χ2n) is 12.9. The molecular weight excluding hydrogens is 761 g/mol. The zero-order chi connectivity index (χ0) is 34.5. The first kappa shape index (κ1) is 39.3. The van der Waals surface area contributed by atoms with Crippen LogP contribution in [0.4, 0.5) is 0 Å². The van der Waals surface area contributed by atoms with Gasteiger partial charge in [-0.25, -0.2) is 0 Å². The Morgan fingerprint density at radius 2 is 1.31 bits per heavy atom. The maximum Gasteiger partial charge on any atom is 3.00 e. The summed E-state index contributed by atoms with van der Waals surface area (Å²) in [5.74, 6) is -0.612. The van der Waals surface area contributed by atoms with Crippen LogP contribution in [-0.4, -0.2) is 83.9 Å². The molecule has 3 aromatic heterocycles. The summed E-state index contributed by atoms with van der Waals surface area (Å²) in [6, 6.07) is 18.2. The van der Waals surface area contributed by atoms with E-state index in [9.17, 15) is 24.9 Å². The molecule has 0 bridgehead atoms. The minimum absolute atomic E-state index is 0. The van der Waals surface area contributed by atoms with Crippen molar-refractivity contribution in [2.75, 3.05) is 47.4 Å². The number of aromatic nitrogens is 5. The fourth-order valence-corrected chi connectivity index (χ4v) is 6.42. The van der Waals surface area contributed by atoms with Crippen molar-refractivity contribution in [3.8, 4) is 22.8 Å². The van der Waals surface area contributed by atoms with Crippen molar-refractivity contribution in [1.82, 2.24) is 9.36 Å². The van der Waals surface area contributed by atoms with Crippen LogP contribution >= 0.6 is 0 Å². The molecule has 4 rings (SSSR count). The Bertz CT molecular complexity index is 1730. The third-order valence-corrected chi connectivity index (χ3v) is 8.85. The average molecular weight is 809 g/mol. The molecule has 1 aromatic carbocycles. The summed E-state index contributed by atoms with van der Waals surface area (Å²) >= 11 is 0. The Balaban J connectivity index is 0.00000625. The van der Waals surface area contributed by atoms with E-state index in [1.165, 1.54) is 7.11 Å². The van der Waals surface area contributed by atoms with Crippen LogP contribution in [0.1, 0.15) is 24.7 Å². The van der Waals surface area contributed by atoms with E-state index in [1.807, 2.05) is 96.6 Å². The maximum absolute atomic E-state index is 12.3. The van der Waals surface area contributed by atoms with Crippen LogP contribution in [0.25, 0.3) is 22.8 Å². The molecule has 48 heavy (non-hydrogen) atoms. The third kappa shape index (κ3) is 9.30. The van der Waals surface area contributed by atoms with Gasteiger partial charge in [0.05, 0.1) is 65.4 Å². The van der Waals surface area contributed by atoms with E-state index < -0.39 is 18.2 Å². The number of ether oxygens (including phenoxy) is 1. The van der Waals surface area contributed by atoms with Gasteiger partial charge in [0.2, 0.25) is 12.4 Å². The topological polar surface area (TPSA) is 134 Å². The van der Waals surface area contributed by atoms with Crippen molar-refractivity contribution in [1.29, 1.82) is 0 Å². The van der Waals surface area contributed by atoms with E-state index in [0.29, 0.717) is 17.6 Å². The summed E-state index contributed by atoms with van der Waals surface area (Å²) < 4.78 is 15.2. The molecule has 258 valence electrons. The molecular formula is C34H47N7O6Tb+5. The van der Waals surface area contributed by atoms with E-state index in [2.05, 4.69) is 28.8 Å². The quantitative estimate of drug-likeness (QED) is 0.0702. The molecule has 0 amide bonds. The van der Waals surface area contributed by atoms with Gasteiger partial charge in [-0.15, -0.1) is 9.36 Å². The van der Waals surface area contributed by atoms with E-state index in [0.717, 1.165) is 40.6 Å². The molecule has 3 heterocycles. The molecule has 0 radical (unpaired) electrons. The number of likely N-dealkylation sites (N-methyl/N-ethyl adjacent to an activating group) is 2. The number of benzene rings is 1. The van der Waals surface area contributed by atoms with E-state index >= 15 is 0 Å². The van der Waals surface area contributed by atoms with Crippen molar-refractivity contribution >= 4 is 11.9 Å². The molecule has 13 nitrogen and oxygen atoms in total. The molecule has 14 heteroatoms. The van der Waals surface area contributed by atoms with Crippen molar-refractivity contribution in [3.05, 3.63) is 78.4 Å². The number of nitrogens with zero attached hydrogens (tertiary/aromatic N) is 7. The van der Waals surface area contributed by atoms with Crippen LogP contribution in [0.15, 0.2) is 67.0 Å². The van der Waals surface area contributed by atoms with Crippen LogP contribution in [0.2, 0.25) is 0 Å². The number of carbonyl (C=O) groups is 2. The van der Waals surface area contributed by atoms with Gasteiger partial charge in [-0.1, -0.05) is 41.8 Å². The normalized spacial score (nSPS) is 14.5. The summed E-state index contributed by atoms with van der Waals surface area (Å²) in [6.07, 6.45) is 3.38. The molecule has 0 aliphatic carbocycles. The molecule has 0 saturated heterocycles. The molecule has 3 atom stereocenters. The first-order chi connectivity index (χ1) is 22.2. The zero-order valence-electron chi connectivity index (χ0n) is 28.8. The standard InChI is InChI=1S/C34H47N7O6.Tb/c1-8-18-40(5,23-32(42)43)21-28-14-16-38(36(28)3)30-19-27(26-12-10-9-11-13-26)20-31(35(30)2)39-17-15-29(37(39)4)22-41(6,24-33(44)45)25-34(46)47-7;/h9-17,19-20,34H,8,18,21-25H2,1-7H3;/q+2;+3. The summed E-state index contributed by atoms with van der Waals surface area (Å²) in [4.78, 5) is 23.2. The Labute approximate surface area is 313 Å². The number of rotatable bonds is 16. The number of pyridine rings is 1. The van der Waals surface area contributed by atoms with Gasteiger partial charge in [-0.3, -0.25) is 0 Å². The van der Waals surface area contributed by atoms with Crippen LogP contribution in [0.5, 0.6) is 0 Å². The average Bonchev–Trinajstić information content (AvgIpc) is 3.53. The summed E-state index contributed by atoms with van der Waals surface area (Å²) in [5, 5.41) is 35.5. The van der Waals surface area contributed by atoms with Gasteiger partial charge in [-0.2, -0.15) is 0 Å².